The first kappa shape index (κ1) is 18.8. The molecule has 0 spiro atoms. The van der Waals surface area contributed by atoms with Crippen molar-refractivity contribution in [1.82, 2.24) is 19.9 Å². The first-order chi connectivity index (χ1) is 14.2. The van der Waals surface area contributed by atoms with Crippen LogP contribution in [-0.4, -0.2) is 53.1 Å². The Morgan fingerprint density at radius 2 is 1.83 bits per heavy atom. The van der Waals surface area contributed by atoms with Crippen molar-refractivity contribution in [1.29, 1.82) is 0 Å². The lowest BCUT2D eigenvalue weighted by atomic mass is 10.1. The van der Waals surface area contributed by atoms with Crippen molar-refractivity contribution >= 4 is 5.91 Å². The first-order valence-electron chi connectivity index (χ1n) is 9.28. The van der Waals surface area contributed by atoms with E-state index in [9.17, 15) is 4.79 Å². The van der Waals surface area contributed by atoms with E-state index >= 15 is 0 Å². The van der Waals surface area contributed by atoms with Crippen LogP contribution in [0.5, 0.6) is 17.2 Å². The quantitative estimate of drug-likeness (QED) is 0.613. The maximum absolute atomic E-state index is 12.7. The molecule has 1 saturated heterocycles. The zero-order valence-corrected chi connectivity index (χ0v) is 16.3. The van der Waals surface area contributed by atoms with E-state index in [0.29, 0.717) is 36.8 Å². The fraction of sp³-hybridized carbons (Fsp3) is 0.286. The number of carbonyl (C=O) groups is 1. The number of nitrogens with zero attached hydrogens (tertiary/aromatic N) is 4. The topological polar surface area (TPSA) is 78.7 Å². The average molecular weight is 394 g/mol. The number of benzene rings is 2. The normalized spacial score (nSPS) is 13.7. The molecule has 1 amide bonds. The van der Waals surface area contributed by atoms with Crippen molar-refractivity contribution < 1.29 is 19.0 Å². The van der Waals surface area contributed by atoms with Gasteiger partial charge in [0.05, 0.1) is 26.5 Å². The second-order valence-electron chi connectivity index (χ2n) is 6.73. The summed E-state index contributed by atoms with van der Waals surface area (Å²) in [6.07, 6.45) is 1.87. The van der Waals surface area contributed by atoms with Crippen LogP contribution >= 0.6 is 0 Å². The SMILES string of the molecule is COc1ccc(C(=O)N2CC(n3cc(COc4ccccc4)nn3)C2)cc1OC. The molecule has 4 rings (SSSR count). The van der Waals surface area contributed by atoms with Crippen molar-refractivity contribution in [2.75, 3.05) is 27.3 Å². The maximum Gasteiger partial charge on any atom is 0.254 e. The van der Waals surface area contributed by atoms with E-state index < -0.39 is 0 Å². The molecule has 3 aromatic rings. The van der Waals surface area contributed by atoms with Crippen LogP contribution < -0.4 is 14.2 Å². The van der Waals surface area contributed by atoms with E-state index in [1.54, 1.807) is 42.0 Å². The van der Waals surface area contributed by atoms with Crippen LogP contribution in [0.1, 0.15) is 22.1 Å². The molecule has 0 aliphatic carbocycles. The molecule has 0 N–H and O–H groups in total. The number of methoxy groups -OCH3 is 2. The molecule has 2 aromatic carbocycles. The van der Waals surface area contributed by atoms with Crippen LogP contribution in [0.2, 0.25) is 0 Å². The van der Waals surface area contributed by atoms with Gasteiger partial charge in [-0.15, -0.1) is 5.10 Å². The Morgan fingerprint density at radius 1 is 1.07 bits per heavy atom. The van der Waals surface area contributed by atoms with Crippen molar-refractivity contribution in [3.8, 4) is 17.2 Å². The lowest BCUT2D eigenvalue weighted by Crippen LogP contribution is -2.50. The van der Waals surface area contributed by atoms with Gasteiger partial charge in [0.1, 0.15) is 18.1 Å². The summed E-state index contributed by atoms with van der Waals surface area (Å²) >= 11 is 0. The van der Waals surface area contributed by atoms with Gasteiger partial charge in [0.15, 0.2) is 11.5 Å². The van der Waals surface area contributed by atoms with Gasteiger partial charge < -0.3 is 19.1 Å². The Balaban J connectivity index is 1.33. The molecule has 8 heteroatoms. The Bertz CT molecular complexity index is 983. The van der Waals surface area contributed by atoms with Crippen LogP contribution in [-0.2, 0) is 6.61 Å². The zero-order valence-electron chi connectivity index (χ0n) is 16.3. The molecule has 29 heavy (non-hydrogen) atoms. The average Bonchev–Trinajstić information content (AvgIpc) is 3.19. The predicted molar refractivity (Wildman–Crippen MR) is 105 cm³/mol. The lowest BCUT2D eigenvalue weighted by molar-refractivity contribution is 0.0498. The summed E-state index contributed by atoms with van der Waals surface area (Å²) in [7, 11) is 3.12. The fourth-order valence-electron chi connectivity index (χ4n) is 3.17. The third kappa shape index (κ3) is 4.01. The molecular formula is C21H22N4O4. The molecule has 0 radical (unpaired) electrons. The van der Waals surface area contributed by atoms with Crippen molar-refractivity contribution in [3.63, 3.8) is 0 Å². The van der Waals surface area contributed by atoms with Gasteiger partial charge in [-0.25, -0.2) is 4.68 Å². The molecule has 1 aromatic heterocycles. The van der Waals surface area contributed by atoms with E-state index in [2.05, 4.69) is 10.3 Å². The van der Waals surface area contributed by atoms with Crippen molar-refractivity contribution in [3.05, 3.63) is 66.0 Å². The smallest absolute Gasteiger partial charge is 0.254 e. The third-order valence-electron chi connectivity index (χ3n) is 4.84. The number of aromatic nitrogens is 3. The molecule has 0 saturated carbocycles. The van der Waals surface area contributed by atoms with Gasteiger partial charge in [0, 0.05) is 18.7 Å². The molecule has 1 aliphatic heterocycles. The van der Waals surface area contributed by atoms with Crippen LogP contribution in [0.15, 0.2) is 54.7 Å². The number of hydrogen-bond acceptors (Lipinski definition) is 6. The summed E-state index contributed by atoms with van der Waals surface area (Å²) in [6, 6.07) is 14.9. The Labute approximate surface area is 168 Å². The first-order valence-corrected chi connectivity index (χ1v) is 9.28. The van der Waals surface area contributed by atoms with E-state index in [1.807, 2.05) is 36.5 Å². The number of para-hydroxylation sites is 1. The summed E-state index contributed by atoms with van der Waals surface area (Å²) < 4.78 is 18.0. The van der Waals surface area contributed by atoms with Crippen LogP contribution in [0.25, 0.3) is 0 Å². The number of carbonyl (C=O) groups excluding carboxylic acids is 1. The molecule has 150 valence electrons. The Morgan fingerprint density at radius 3 is 2.55 bits per heavy atom. The summed E-state index contributed by atoms with van der Waals surface area (Å²) in [4.78, 5) is 14.5. The van der Waals surface area contributed by atoms with E-state index in [-0.39, 0.29) is 11.9 Å². The number of rotatable bonds is 7. The molecule has 2 heterocycles. The highest BCUT2D eigenvalue weighted by atomic mass is 16.5. The third-order valence-corrected chi connectivity index (χ3v) is 4.84. The number of ether oxygens (including phenoxy) is 3. The monoisotopic (exact) mass is 394 g/mol. The van der Waals surface area contributed by atoms with E-state index in [4.69, 9.17) is 14.2 Å². The number of likely N-dealkylation sites (tertiary alicyclic amines) is 1. The second kappa shape index (κ2) is 8.22. The molecule has 8 nitrogen and oxygen atoms in total. The van der Waals surface area contributed by atoms with Gasteiger partial charge in [-0.2, -0.15) is 0 Å². The predicted octanol–water partition coefficient (Wildman–Crippen LogP) is 2.57. The Hall–Kier alpha value is -3.55. The molecular weight excluding hydrogens is 372 g/mol. The second-order valence-corrected chi connectivity index (χ2v) is 6.73. The van der Waals surface area contributed by atoms with Crippen molar-refractivity contribution in [2.24, 2.45) is 0 Å². The maximum atomic E-state index is 12.7. The molecule has 0 bridgehead atoms. The zero-order chi connectivity index (χ0) is 20.2. The van der Waals surface area contributed by atoms with Crippen LogP contribution in [0, 0.1) is 0 Å². The molecule has 1 aliphatic rings. The van der Waals surface area contributed by atoms with Gasteiger partial charge in [-0.1, -0.05) is 23.4 Å². The molecule has 0 unspecified atom stereocenters. The highest BCUT2D eigenvalue weighted by Gasteiger charge is 2.33. The summed E-state index contributed by atoms with van der Waals surface area (Å²) in [5.74, 6) is 1.88. The summed E-state index contributed by atoms with van der Waals surface area (Å²) in [6.45, 7) is 1.51. The number of amides is 1. The van der Waals surface area contributed by atoms with Crippen molar-refractivity contribution in [2.45, 2.75) is 12.6 Å². The Kier molecular flexibility index (Phi) is 5.33. The minimum Gasteiger partial charge on any atom is -0.493 e. The van der Waals surface area contributed by atoms with Crippen LogP contribution in [0.3, 0.4) is 0 Å². The highest BCUT2D eigenvalue weighted by Crippen LogP contribution is 2.30. The summed E-state index contributed by atoms with van der Waals surface area (Å²) in [5.41, 5.74) is 1.31. The standard InChI is InChI=1S/C21H22N4O4/c1-27-19-9-8-15(10-20(19)28-2)21(26)24-12-17(13-24)25-11-16(22-23-25)14-29-18-6-4-3-5-7-18/h3-11,17H,12-14H2,1-2H3. The molecule has 0 atom stereocenters. The van der Waals surface area contributed by atoms with Crippen LogP contribution in [0.4, 0.5) is 0 Å². The van der Waals surface area contributed by atoms with E-state index in [1.165, 1.54) is 0 Å². The minimum atomic E-state index is -0.0463. The molecule has 1 fully saturated rings. The van der Waals surface area contributed by atoms with Gasteiger partial charge in [-0.3, -0.25) is 4.79 Å². The van der Waals surface area contributed by atoms with E-state index in [0.717, 1.165) is 11.4 Å². The van der Waals surface area contributed by atoms with Gasteiger partial charge >= 0.3 is 0 Å². The minimum absolute atomic E-state index is 0.0463. The van der Waals surface area contributed by atoms with Gasteiger partial charge in [0.25, 0.3) is 5.91 Å². The number of hydrogen-bond donors (Lipinski definition) is 0. The lowest BCUT2D eigenvalue weighted by Gasteiger charge is -2.38. The van der Waals surface area contributed by atoms with Gasteiger partial charge in [-0.05, 0) is 30.3 Å². The highest BCUT2D eigenvalue weighted by molar-refractivity contribution is 5.95. The van der Waals surface area contributed by atoms with Gasteiger partial charge in [0.2, 0.25) is 0 Å². The summed E-state index contributed by atoms with van der Waals surface area (Å²) in [5, 5.41) is 8.34. The fourth-order valence-corrected chi connectivity index (χ4v) is 3.17. The largest absolute Gasteiger partial charge is 0.493 e.